The maximum Gasteiger partial charge on any atom is 0.255 e. The van der Waals surface area contributed by atoms with Gasteiger partial charge in [-0.05, 0) is 104 Å². The zero-order valence-corrected chi connectivity index (χ0v) is 24.0. The summed E-state index contributed by atoms with van der Waals surface area (Å²) in [6, 6.07) is 24.4. The molecule has 0 aliphatic heterocycles. The van der Waals surface area contributed by atoms with Gasteiger partial charge in [-0.1, -0.05) is 17.7 Å². The van der Waals surface area contributed by atoms with E-state index < -0.39 is 0 Å². The summed E-state index contributed by atoms with van der Waals surface area (Å²) in [4.78, 5) is 12.6. The first-order chi connectivity index (χ1) is 19.7. The Balaban J connectivity index is 0.00000405. The molecular weight excluding hydrogens is 580 g/mol. The molecule has 5 aromatic rings. The Morgan fingerprint density at radius 3 is 2.14 bits per heavy atom. The summed E-state index contributed by atoms with van der Waals surface area (Å²) in [5.41, 5.74) is 11.6. The van der Waals surface area contributed by atoms with Crippen LogP contribution in [0.4, 0.5) is 34.1 Å². The van der Waals surface area contributed by atoms with Crippen LogP contribution in [0.1, 0.15) is 27.0 Å². The third-order valence-corrected chi connectivity index (χ3v) is 6.57. The molecule has 0 saturated carbocycles. The van der Waals surface area contributed by atoms with Crippen LogP contribution in [0.15, 0.2) is 105 Å². The molecule has 9 nitrogen and oxygen atoms in total. The quantitative estimate of drug-likeness (QED) is 0.0867. The Morgan fingerprint density at radius 2 is 1.43 bits per heavy atom. The largest absolute Gasteiger partial charge is 0.506 e. The fourth-order valence-corrected chi connectivity index (χ4v) is 4.24. The molecule has 42 heavy (non-hydrogen) atoms. The third-order valence-electron chi connectivity index (χ3n) is 6.57. The molecule has 0 atom stereocenters. The number of anilines is 2. The number of rotatable bonds is 6. The van der Waals surface area contributed by atoms with E-state index in [1.807, 2.05) is 44.2 Å². The molecule has 215 valence electrons. The summed E-state index contributed by atoms with van der Waals surface area (Å²) in [7, 11) is 0. The van der Waals surface area contributed by atoms with Gasteiger partial charge in [-0.25, -0.2) is 0 Å². The molecule has 0 unspecified atom stereocenters. The van der Waals surface area contributed by atoms with Crippen molar-refractivity contribution in [2.45, 2.75) is 20.8 Å². The first-order valence-corrected chi connectivity index (χ1v) is 12.8. The van der Waals surface area contributed by atoms with Gasteiger partial charge in [-0.3, -0.25) is 4.79 Å². The number of hydrogen-bond acceptors (Lipinski definition) is 8. The topological polar surface area (TPSA) is 145 Å². The van der Waals surface area contributed by atoms with Crippen LogP contribution in [0.2, 0.25) is 0 Å². The van der Waals surface area contributed by atoms with Crippen molar-refractivity contribution >= 4 is 50.8 Å². The number of nitrogens with zero attached hydrogens (tertiary/aromatic N) is 4. The molecule has 0 bridgehead atoms. The van der Waals surface area contributed by atoms with E-state index in [1.54, 1.807) is 55.5 Å². The number of phenolic OH excluding ortho intramolecular Hbond substituents is 2. The molecule has 0 fully saturated rings. The van der Waals surface area contributed by atoms with Crippen molar-refractivity contribution in [3.8, 4) is 11.5 Å². The van der Waals surface area contributed by atoms with E-state index in [1.165, 1.54) is 6.07 Å². The number of amides is 1. The summed E-state index contributed by atoms with van der Waals surface area (Å²) in [5.74, 6) is -0.440. The van der Waals surface area contributed by atoms with E-state index >= 15 is 0 Å². The summed E-state index contributed by atoms with van der Waals surface area (Å²) in [5, 5.41) is 42.7. The van der Waals surface area contributed by atoms with Crippen LogP contribution in [0, 0.1) is 20.8 Å². The molecule has 1 radical (unpaired) electrons. The van der Waals surface area contributed by atoms with E-state index in [0.717, 1.165) is 16.5 Å². The summed E-state index contributed by atoms with van der Waals surface area (Å²) >= 11 is 0. The maximum atomic E-state index is 12.6. The van der Waals surface area contributed by atoms with Crippen LogP contribution in [0.3, 0.4) is 0 Å². The van der Waals surface area contributed by atoms with Gasteiger partial charge in [0.15, 0.2) is 5.75 Å². The van der Waals surface area contributed by atoms with Gasteiger partial charge in [0.2, 0.25) is 0 Å². The van der Waals surface area contributed by atoms with Gasteiger partial charge < -0.3 is 21.3 Å². The Kier molecular flexibility index (Phi) is 9.00. The number of nitrogens with two attached hydrogens (primary N) is 1. The van der Waals surface area contributed by atoms with Crippen molar-refractivity contribution in [1.29, 1.82) is 0 Å². The number of benzene rings is 5. The average Bonchev–Trinajstić information content (AvgIpc) is 2.94. The van der Waals surface area contributed by atoms with E-state index in [0.29, 0.717) is 39.3 Å². The van der Waals surface area contributed by atoms with E-state index in [9.17, 15) is 15.0 Å². The number of fused-ring (bicyclic) bond motifs is 1. The summed E-state index contributed by atoms with van der Waals surface area (Å²) in [6.45, 7) is 5.63. The minimum absolute atomic E-state index is 0. The number of aromatic hydroxyl groups is 2. The zero-order chi connectivity index (χ0) is 29.1. The molecule has 0 aliphatic carbocycles. The molecule has 0 heterocycles. The SMILES string of the molecule is Cc1ccc(N=Nc2cc(O)c(N=Nc3c(C)cc4cc(NC(=O)c5ccc(N)cc5)ccc4c3O)cc2C)cc1.[Cu]. The Morgan fingerprint density at radius 1 is 0.738 bits per heavy atom. The normalized spacial score (nSPS) is 11.2. The van der Waals surface area contributed by atoms with Gasteiger partial charge >= 0.3 is 0 Å². The molecule has 5 rings (SSSR count). The van der Waals surface area contributed by atoms with Crippen LogP contribution >= 0.6 is 0 Å². The summed E-state index contributed by atoms with van der Waals surface area (Å²) in [6.07, 6.45) is 0. The van der Waals surface area contributed by atoms with Crippen molar-refractivity contribution < 1.29 is 32.1 Å². The molecule has 1 amide bonds. The molecule has 0 spiro atoms. The van der Waals surface area contributed by atoms with Gasteiger partial charge in [0.1, 0.15) is 17.1 Å². The third kappa shape index (κ3) is 6.63. The van der Waals surface area contributed by atoms with Gasteiger partial charge in [0.25, 0.3) is 5.91 Å². The van der Waals surface area contributed by atoms with Crippen LogP contribution in [-0.2, 0) is 17.1 Å². The van der Waals surface area contributed by atoms with Crippen molar-refractivity contribution in [2.75, 3.05) is 11.1 Å². The predicted octanol–water partition coefficient (Wildman–Crippen LogP) is 8.84. The second-order valence-electron chi connectivity index (χ2n) is 9.77. The first-order valence-electron chi connectivity index (χ1n) is 12.8. The van der Waals surface area contributed by atoms with Crippen LogP contribution < -0.4 is 11.1 Å². The molecule has 0 aliphatic rings. The maximum absolute atomic E-state index is 12.6. The smallest absolute Gasteiger partial charge is 0.255 e. The number of nitrogen functional groups attached to an aromatic ring is 1. The van der Waals surface area contributed by atoms with Crippen LogP contribution in [0.5, 0.6) is 11.5 Å². The number of carbonyl (C=O) groups excluding carboxylic acids is 1. The van der Waals surface area contributed by atoms with Crippen molar-refractivity contribution in [3.05, 3.63) is 107 Å². The number of azo groups is 2. The van der Waals surface area contributed by atoms with Crippen molar-refractivity contribution in [2.24, 2.45) is 20.5 Å². The van der Waals surface area contributed by atoms with Gasteiger partial charge in [-0.2, -0.15) is 10.2 Å². The fourth-order valence-electron chi connectivity index (χ4n) is 4.24. The predicted molar refractivity (Wildman–Crippen MR) is 162 cm³/mol. The first kappa shape index (κ1) is 29.9. The number of aryl methyl sites for hydroxylation is 3. The second kappa shape index (κ2) is 12.6. The van der Waals surface area contributed by atoms with E-state index in [2.05, 4.69) is 25.8 Å². The molecule has 10 heteroatoms. The van der Waals surface area contributed by atoms with Crippen LogP contribution in [-0.4, -0.2) is 16.1 Å². The van der Waals surface area contributed by atoms with Crippen LogP contribution in [0.25, 0.3) is 10.8 Å². The average molecular weight is 608 g/mol. The Hall–Kier alpha value is -5.05. The van der Waals surface area contributed by atoms with Crippen molar-refractivity contribution in [1.82, 2.24) is 0 Å². The molecular formula is C32H28CuN6O3. The summed E-state index contributed by atoms with van der Waals surface area (Å²) < 4.78 is 0. The van der Waals surface area contributed by atoms with Gasteiger partial charge in [0.05, 0.1) is 11.4 Å². The number of nitrogens with one attached hydrogen (secondary N) is 1. The standard InChI is InChI=1S/C32H28N6O3.Cu/c1-18-4-10-24(11-5-18)35-36-27-17-29(39)28(15-19(27)2)37-38-30-20(3)14-22-16-25(12-13-26(22)31(30)40)34-32(41)21-6-8-23(33)9-7-21;/h4-17,39-40H,33H2,1-3H3,(H,34,41);. The van der Waals surface area contributed by atoms with Gasteiger partial charge in [-0.15, -0.1) is 10.2 Å². The van der Waals surface area contributed by atoms with Gasteiger partial charge in [0, 0.05) is 45.5 Å². The van der Waals surface area contributed by atoms with E-state index in [4.69, 9.17) is 5.73 Å². The number of hydrogen-bond donors (Lipinski definition) is 4. The zero-order valence-electron chi connectivity index (χ0n) is 23.1. The molecule has 5 aromatic carbocycles. The fraction of sp³-hybridized carbons (Fsp3) is 0.0938. The molecule has 0 aromatic heterocycles. The van der Waals surface area contributed by atoms with Crippen molar-refractivity contribution in [3.63, 3.8) is 0 Å². The Bertz CT molecular complexity index is 1840. The minimum atomic E-state index is -0.270. The number of phenols is 2. The van der Waals surface area contributed by atoms with E-state index in [-0.39, 0.29) is 45.8 Å². The molecule has 0 saturated heterocycles. The number of carbonyl (C=O) groups is 1. The Labute approximate surface area is 253 Å². The monoisotopic (exact) mass is 607 g/mol. The molecule has 5 N–H and O–H groups in total. The minimum Gasteiger partial charge on any atom is -0.506 e. The second-order valence-corrected chi connectivity index (χ2v) is 9.77.